The molecule has 2 N–H and O–H groups in total. The van der Waals surface area contributed by atoms with E-state index in [0.29, 0.717) is 13.1 Å². The largest absolute Gasteiger partial charge is 0.508 e. The predicted molar refractivity (Wildman–Crippen MR) is 64.8 cm³/mol. The zero-order valence-electron chi connectivity index (χ0n) is 9.47. The van der Waals surface area contributed by atoms with Crippen molar-refractivity contribution in [3.8, 4) is 5.75 Å². The lowest BCUT2D eigenvalue weighted by molar-refractivity contribution is -0.139. The van der Waals surface area contributed by atoms with E-state index in [9.17, 15) is 14.7 Å². The van der Waals surface area contributed by atoms with Crippen LogP contribution in [-0.2, 0) is 4.79 Å². The maximum Gasteiger partial charge on any atom is 0.303 e. The number of aromatic hydroxyl groups is 1. The molecule has 0 saturated carbocycles. The number of aliphatic carboxylic acids is 1. The Morgan fingerprint density at radius 3 is 2.67 bits per heavy atom. The van der Waals surface area contributed by atoms with Gasteiger partial charge in [0.1, 0.15) is 5.75 Å². The SMILES string of the molecule is O=C(O)CC1CN(C(=O)c2cc(O)ccc2Cl)C1. The summed E-state index contributed by atoms with van der Waals surface area (Å²) in [6.07, 6.45) is 0.0670. The molecule has 1 aromatic carbocycles. The molecule has 1 amide bonds. The quantitative estimate of drug-likeness (QED) is 0.874. The minimum Gasteiger partial charge on any atom is -0.508 e. The number of likely N-dealkylation sites (tertiary alicyclic amines) is 1. The second kappa shape index (κ2) is 4.86. The molecule has 96 valence electrons. The summed E-state index contributed by atoms with van der Waals surface area (Å²) in [5, 5.41) is 18.2. The first-order valence-electron chi connectivity index (χ1n) is 5.47. The molecular weight excluding hydrogens is 258 g/mol. The Balaban J connectivity index is 2.01. The minimum absolute atomic E-state index is 0.00235. The zero-order chi connectivity index (χ0) is 13.3. The smallest absolute Gasteiger partial charge is 0.303 e. The number of carbonyl (C=O) groups excluding carboxylic acids is 1. The monoisotopic (exact) mass is 269 g/mol. The minimum atomic E-state index is -0.859. The van der Waals surface area contributed by atoms with Gasteiger partial charge in [-0.15, -0.1) is 0 Å². The highest BCUT2D eigenvalue weighted by atomic mass is 35.5. The third kappa shape index (κ3) is 2.56. The van der Waals surface area contributed by atoms with Gasteiger partial charge in [0, 0.05) is 19.0 Å². The number of phenols is 1. The molecule has 0 atom stereocenters. The van der Waals surface area contributed by atoms with Crippen molar-refractivity contribution in [3.05, 3.63) is 28.8 Å². The molecule has 0 bridgehead atoms. The molecule has 2 rings (SSSR count). The predicted octanol–water partition coefficient (Wildman–Crippen LogP) is 1.59. The Labute approximate surface area is 109 Å². The summed E-state index contributed by atoms with van der Waals surface area (Å²) >= 11 is 5.88. The van der Waals surface area contributed by atoms with Crippen LogP contribution in [-0.4, -0.2) is 40.1 Å². The lowest BCUT2D eigenvalue weighted by atomic mass is 9.95. The molecule has 0 radical (unpaired) electrons. The molecule has 0 aliphatic carbocycles. The molecule has 0 spiro atoms. The number of halogens is 1. The van der Waals surface area contributed by atoms with Crippen molar-refractivity contribution in [3.63, 3.8) is 0 Å². The van der Waals surface area contributed by atoms with Crippen LogP contribution in [0.25, 0.3) is 0 Å². The van der Waals surface area contributed by atoms with E-state index in [1.165, 1.54) is 23.1 Å². The number of hydrogen-bond acceptors (Lipinski definition) is 3. The molecule has 0 unspecified atom stereocenters. The van der Waals surface area contributed by atoms with Crippen LogP contribution in [0.4, 0.5) is 0 Å². The maximum absolute atomic E-state index is 12.0. The van der Waals surface area contributed by atoms with E-state index >= 15 is 0 Å². The molecule has 5 nitrogen and oxygen atoms in total. The summed E-state index contributed by atoms with van der Waals surface area (Å²) in [6.45, 7) is 0.828. The molecule has 1 aliphatic rings. The van der Waals surface area contributed by atoms with Crippen LogP contribution in [0.1, 0.15) is 16.8 Å². The van der Waals surface area contributed by atoms with E-state index in [4.69, 9.17) is 16.7 Å². The molecular formula is C12H12ClNO4. The summed E-state index contributed by atoms with van der Waals surface area (Å²) in [4.78, 5) is 24.0. The third-order valence-corrected chi connectivity index (χ3v) is 3.22. The fraction of sp³-hybridized carbons (Fsp3) is 0.333. The van der Waals surface area contributed by atoms with E-state index in [0.717, 1.165) is 0 Å². The summed E-state index contributed by atoms with van der Waals surface area (Å²) in [7, 11) is 0. The number of amides is 1. The van der Waals surface area contributed by atoms with Gasteiger partial charge in [-0.05, 0) is 18.2 Å². The number of carboxylic acids is 1. The van der Waals surface area contributed by atoms with E-state index in [-0.39, 0.29) is 34.6 Å². The van der Waals surface area contributed by atoms with Gasteiger partial charge in [-0.3, -0.25) is 9.59 Å². The highest BCUT2D eigenvalue weighted by Crippen LogP contribution is 2.26. The number of carbonyl (C=O) groups is 2. The maximum atomic E-state index is 12.0. The van der Waals surface area contributed by atoms with Crippen molar-refractivity contribution in [2.45, 2.75) is 6.42 Å². The zero-order valence-corrected chi connectivity index (χ0v) is 10.2. The fourth-order valence-corrected chi connectivity index (χ4v) is 2.16. The second-order valence-corrected chi connectivity index (χ2v) is 4.75. The van der Waals surface area contributed by atoms with E-state index in [1.807, 2.05) is 0 Å². The van der Waals surface area contributed by atoms with Gasteiger partial charge in [-0.1, -0.05) is 11.6 Å². The summed E-state index contributed by atoms with van der Waals surface area (Å²) in [5.74, 6) is -1.16. The number of hydrogen-bond donors (Lipinski definition) is 2. The number of nitrogens with zero attached hydrogens (tertiary/aromatic N) is 1. The standard InChI is InChI=1S/C12H12ClNO4/c13-10-2-1-8(15)4-9(10)12(18)14-5-7(6-14)3-11(16)17/h1-2,4,7,15H,3,5-6H2,(H,16,17). The van der Waals surface area contributed by atoms with Crippen LogP contribution in [0.2, 0.25) is 5.02 Å². The Morgan fingerprint density at radius 2 is 2.06 bits per heavy atom. The molecule has 6 heteroatoms. The first-order valence-corrected chi connectivity index (χ1v) is 5.84. The molecule has 0 aromatic heterocycles. The van der Waals surface area contributed by atoms with Crippen LogP contribution >= 0.6 is 11.6 Å². The van der Waals surface area contributed by atoms with Crippen molar-refractivity contribution in [1.29, 1.82) is 0 Å². The average molecular weight is 270 g/mol. The first-order chi connectivity index (χ1) is 8.47. The number of phenolic OH excluding ortho intramolecular Hbond substituents is 1. The van der Waals surface area contributed by atoms with Crippen molar-refractivity contribution in [2.75, 3.05) is 13.1 Å². The number of rotatable bonds is 3. The van der Waals surface area contributed by atoms with Crippen LogP contribution in [0.15, 0.2) is 18.2 Å². The van der Waals surface area contributed by atoms with Gasteiger partial charge in [0.15, 0.2) is 0 Å². The molecule has 1 heterocycles. The molecule has 1 aliphatic heterocycles. The molecule has 18 heavy (non-hydrogen) atoms. The van der Waals surface area contributed by atoms with Crippen molar-refractivity contribution < 1.29 is 19.8 Å². The average Bonchev–Trinajstić information content (AvgIpc) is 2.25. The lowest BCUT2D eigenvalue weighted by Gasteiger charge is -2.38. The van der Waals surface area contributed by atoms with Gasteiger partial charge in [-0.25, -0.2) is 0 Å². The Kier molecular flexibility index (Phi) is 3.43. The first kappa shape index (κ1) is 12.7. The van der Waals surface area contributed by atoms with E-state index in [1.54, 1.807) is 0 Å². The number of benzene rings is 1. The van der Waals surface area contributed by atoms with Crippen molar-refractivity contribution >= 4 is 23.5 Å². The molecule has 1 saturated heterocycles. The highest BCUT2D eigenvalue weighted by Gasteiger charge is 2.33. The Hall–Kier alpha value is -1.75. The van der Waals surface area contributed by atoms with Crippen molar-refractivity contribution in [1.82, 2.24) is 4.90 Å². The van der Waals surface area contributed by atoms with Crippen LogP contribution < -0.4 is 0 Å². The summed E-state index contributed by atoms with van der Waals surface area (Å²) < 4.78 is 0. The molecule has 1 fully saturated rings. The summed E-state index contributed by atoms with van der Waals surface area (Å²) in [5.41, 5.74) is 0.241. The summed E-state index contributed by atoms with van der Waals surface area (Å²) in [6, 6.07) is 4.18. The van der Waals surface area contributed by atoms with Crippen LogP contribution in [0, 0.1) is 5.92 Å². The van der Waals surface area contributed by atoms with E-state index < -0.39 is 5.97 Å². The normalized spacial score (nSPS) is 15.3. The third-order valence-electron chi connectivity index (χ3n) is 2.89. The van der Waals surface area contributed by atoms with Crippen LogP contribution in [0.5, 0.6) is 5.75 Å². The van der Waals surface area contributed by atoms with Gasteiger partial charge < -0.3 is 15.1 Å². The van der Waals surface area contributed by atoms with Crippen LogP contribution in [0.3, 0.4) is 0 Å². The van der Waals surface area contributed by atoms with Gasteiger partial charge in [0.2, 0.25) is 0 Å². The highest BCUT2D eigenvalue weighted by molar-refractivity contribution is 6.33. The topological polar surface area (TPSA) is 77.8 Å². The second-order valence-electron chi connectivity index (χ2n) is 4.34. The Bertz CT molecular complexity index is 497. The van der Waals surface area contributed by atoms with Gasteiger partial charge in [0.05, 0.1) is 17.0 Å². The molecule has 1 aromatic rings. The van der Waals surface area contributed by atoms with Crippen molar-refractivity contribution in [2.24, 2.45) is 5.92 Å². The Morgan fingerprint density at radius 1 is 1.39 bits per heavy atom. The van der Waals surface area contributed by atoms with Gasteiger partial charge >= 0.3 is 5.97 Å². The van der Waals surface area contributed by atoms with Gasteiger partial charge in [-0.2, -0.15) is 0 Å². The number of carboxylic acid groups (broad SMARTS) is 1. The van der Waals surface area contributed by atoms with Gasteiger partial charge in [0.25, 0.3) is 5.91 Å². The lowest BCUT2D eigenvalue weighted by Crippen LogP contribution is -2.50. The fourth-order valence-electron chi connectivity index (χ4n) is 1.96. The van der Waals surface area contributed by atoms with E-state index in [2.05, 4.69) is 0 Å².